The van der Waals surface area contributed by atoms with Crippen molar-refractivity contribution in [3.8, 4) is 5.75 Å². The molecule has 1 aromatic rings. The van der Waals surface area contributed by atoms with Crippen LogP contribution >= 0.6 is 15.9 Å². The molecule has 0 aliphatic rings. The summed E-state index contributed by atoms with van der Waals surface area (Å²) in [6.07, 6.45) is -3.98. The molecule has 0 unspecified atom stereocenters. The van der Waals surface area contributed by atoms with Gasteiger partial charge in [-0.1, -0.05) is 15.9 Å². The molecule has 0 spiro atoms. The van der Waals surface area contributed by atoms with Gasteiger partial charge in [0.2, 0.25) is 0 Å². The van der Waals surface area contributed by atoms with Crippen LogP contribution in [0.5, 0.6) is 5.75 Å². The van der Waals surface area contributed by atoms with Gasteiger partial charge in [0.15, 0.2) is 0 Å². The Hall–Kier alpha value is -0.820. The van der Waals surface area contributed by atoms with Crippen molar-refractivity contribution in [2.24, 2.45) is 0 Å². The molecule has 0 aliphatic carbocycles. The van der Waals surface area contributed by atoms with Crippen LogP contribution in [0, 0.1) is 5.82 Å². The SMILES string of the molecule is Fc1ccc(OCCCOCC(F)(F)F)c(CBr)c1. The highest BCUT2D eigenvalue weighted by Crippen LogP contribution is 2.22. The Labute approximate surface area is 116 Å². The first-order chi connectivity index (χ1) is 8.92. The number of hydrogen-bond donors (Lipinski definition) is 0. The predicted octanol–water partition coefficient (Wildman–Crippen LogP) is 4.07. The molecule has 2 nitrogen and oxygen atoms in total. The summed E-state index contributed by atoms with van der Waals surface area (Å²) in [5, 5.41) is 0.435. The molecular formula is C12H13BrF4O2. The standard InChI is InChI=1S/C12H13BrF4O2/c13-7-9-6-10(14)2-3-11(9)19-5-1-4-18-8-12(15,16)17/h2-3,6H,1,4-5,7-8H2. The molecule has 0 saturated carbocycles. The van der Waals surface area contributed by atoms with Crippen molar-refractivity contribution in [2.75, 3.05) is 19.8 Å². The maximum Gasteiger partial charge on any atom is 0.411 e. The van der Waals surface area contributed by atoms with Crippen molar-refractivity contribution < 1.29 is 27.0 Å². The molecular weight excluding hydrogens is 332 g/mol. The first kappa shape index (κ1) is 16.2. The maximum atomic E-state index is 12.9. The van der Waals surface area contributed by atoms with Gasteiger partial charge in [0.05, 0.1) is 13.2 Å². The Morgan fingerprint density at radius 3 is 2.53 bits per heavy atom. The van der Waals surface area contributed by atoms with Gasteiger partial charge in [-0.25, -0.2) is 4.39 Å². The summed E-state index contributed by atoms with van der Waals surface area (Å²) < 4.78 is 58.0. The molecule has 0 amide bonds. The monoisotopic (exact) mass is 344 g/mol. The van der Waals surface area contributed by atoms with Gasteiger partial charge in [0.25, 0.3) is 0 Å². The van der Waals surface area contributed by atoms with Gasteiger partial charge in [0.1, 0.15) is 18.2 Å². The van der Waals surface area contributed by atoms with Crippen LogP contribution < -0.4 is 4.74 Å². The Kier molecular flexibility index (Phi) is 6.57. The van der Waals surface area contributed by atoms with E-state index in [1.165, 1.54) is 18.2 Å². The van der Waals surface area contributed by atoms with Gasteiger partial charge in [-0.2, -0.15) is 13.2 Å². The maximum absolute atomic E-state index is 12.9. The average molecular weight is 345 g/mol. The van der Waals surface area contributed by atoms with Crippen molar-refractivity contribution in [1.82, 2.24) is 0 Å². The summed E-state index contributed by atoms with van der Waals surface area (Å²) >= 11 is 3.20. The van der Waals surface area contributed by atoms with E-state index in [2.05, 4.69) is 20.7 Å². The highest BCUT2D eigenvalue weighted by Gasteiger charge is 2.27. The van der Waals surface area contributed by atoms with Crippen molar-refractivity contribution in [2.45, 2.75) is 17.9 Å². The molecule has 1 aromatic carbocycles. The number of alkyl halides is 4. The first-order valence-electron chi connectivity index (χ1n) is 5.54. The first-order valence-corrected chi connectivity index (χ1v) is 6.66. The van der Waals surface area contributed by atoms with Crippen LogP contribution in [0.1, 0.15) is 12.0 Å². The van der Waals surface area contributed by atoms with Gasteiger partial charge in [-0.05, 0) is 18.2 Å². The fourth-order valence-corrected chi connectivity index (χ4v) is 1.76. The van der Waals surface area contributed by atoms with Crippen LogP contribution in [0.15, 0.2) is 18.2 Å². The second-order valence-electron chi connectivity index (χ2n) is 3.76. The van der Waals surface area contributed by atoms with Crippen LogP contribution in [-0.2, 0) is 10.1 Å². The summed E-state index contributed by atoms with van der Waals surface area (Å²) in [6.45, 7) is -1.08. The van der Waals surface area contributed by atoms with Crippen molar-refractivity contribution in [1.29, 1.82) is 0 Å². The number of benzene rings is 1. The summed E-state index contributed by atoms with van der Waals surface area (Å²) in [5.41, 5.74) is 0.649. The summed E-state index contributed by atoms with van der Waals surface area (Å²) in [5.74, 6) is 0.143. The molecule has 0 aromatic heterocycles. The lowest BCUT2D eigenvalue weighted by Gasteiger charge is -2.11. The molecule has 0 radical (unpaired) electrons. The van der Waals surface area contributed by atoms with Gasteiger partial charge in [-0.3, -0.25) is 0 Å². The number of halogens is 5. The molecule has 0 bridgehead atoms. The minimum absolute atomic E-state index is 0.0374. The third-order valence-electron chi connectivity index (χ3n) is 2.12. The lowest BCUT2D eigenvalue weighted by atomic mass is 10.2. The van der Waals surface area contributed by atoms with Crippen molar-refractivity contribution in [3.05, 3.63) is 29.6 Å². The zero-order valence-corrected chi connectivity index (χ0v) is 11.6. The number of hydrogen-bond acceptors (Lipinski definition) is 2. The fraction of sp³-hybridized carbons (Fsp3) is 0.500. The minimum Gasteiger partial charge on any atom is -0.493 e. The summed E-state index contributed by atoms with van der Waals surface area (Å²) in [6, 6.07) is 4.09. The third-order valence-corrected chi connectivity index (χ3v) is 2.73. The van der Waals surface area contributed by atoms with E-state index in [0.29, 0.717) is 23.1 Å². The molecule has 0 N–H and O–H groups in total. The van der Waals surface area contributed by atoms with Crippen LogP contribution in [0.25, 0.3) is 0 Å². The zero-order chi connectivity index (χ0) is 14.3. The van der Waals surface area contributed by atoms with E-state index < -0.39 is 12.8 Å². The molecule has 19 heavy (non-hydrogen) atoms. The van der Waals surface area contributed by atoms with E-state index in [9.17, 15) is 17.6 Å². The topological polar surface area (TPSA) is 18.5 Å². The number of rotatable bonds is 7. The van der Waals surface area contributed by atoms with Gasteiger partial charge in [-0.15, -0.1) is 0 Å². The lowest BCUT2D eigenvalue weighted by molar-refractivity contribution is -0.174. The van der Waals surface area contributed by atoms with E-state index in [0.717, 1.165) is 0 Å². The molecule has 7 heteroatoms. The van der Waals surface area contributed by atoms with E-state index in [1.807, 2.05) is 0 Å². The molecule has 0 fully saturated rings. The lowest BCUT2D eigenvalue weighted by Crippen LogP contribution is -2.18. The summed E-state index contributed by atoms with van der Waals surface area (Å²) in [4.78, 5) is 0. The van der Waals surface area contributed by atoms with Crippen LogP contribution in [0.4, 0.5) is 17.6 Å². The zero-order valence-electron chi connectivity index (χ0n) is 9.97. The largest absolute Gasteiger partial charge is 0.493 e. The van der Waals surface area contributed by atoms with Crippen LogP contribution in [0.2, 0.25) is 0 Å². The quantitative estimate of drug-likeness (QED) is 0.421. The normalized spacial score (nSPS) is 11.6. The third kappa shape index (κ3) is 6.77. The summed E-state index contributed by atoms with van der Waals surface area (Å²) in [7, 11) is 0. The van der Waals surface area contributed by atoms with Crippen LogP contribution in [-0.4, -0.2) is 26.0 Å². The number of ether oxygens (including phenoxy) is 2. The molecule has 0 atom stereocenters. The van der Waals surface area contributed by atoms with E-state index in [4.69, 9.17) is 4.74 Å². The minimum atomic E-state index is -4.30. The molecule has 108 valence electrons. The Bertz CT molecular complexity index is 396. The second-order valence-corrected chi connectivity index (χ2v) is 4.32. The molecule has 1 rings (SSSR count). The smallest absolute Gasteiger partial charge is 0.411 e. The molecule has 0 heterocycles. The van der Waals surface area contributed by atoms with Crippen molar-refractivity contribution in [3.63, 3.8) is 0 Å². The molecule has 0 saturated heterocycles. The fourth-order valence-electron chi connectivity index (χ4n) is 1.32. The van der Waals surface area contributed by atoms with E-state index >= 15 is 0 Å². The average Bonchev–Trinajstić information content (AvgIpc) is 2.33. The van der Waals surface area contributed by atoms with E-state index in [1.54, 1.807) is 0 Å². The van der Waals surface area contributed by atoms with Crippen LogP contribution in [0.3, 0.4) is 0 Å². The highest BCUT2D eigenvalue weighted by atomic mass is 79.9. The Morgan fingerprint density at radius 2 is 1.89 bits per heavy atom. The second kappa shape index (κ2) is 7.69. The van der Waals surface area contributed by atoms with Gasteiger partial charge >= 0.3 is 6.18 Å². The van der Waals surface area contributed by atoms with Gasteiger partial charge in [0, 0.05) is 17.3 Å². The van der Waals surface area contributed by atoms with Gasteiger partial charge < -0.3 is 9.47 Å². The predicted molar refractivity (Wildman–Crippen MR) is 66.0 cm³/mol. The van der Waals surface area contributed by atoms with Crippen molar-refractivity contribution >= 4 is 15.9 Å². The molecule has 0 aliphatic heterocycles. The Morgan fingerprint density at radius 1 is 1.16 bits per heavy atom. The highest BCUT2D eigenvalue weighted by molar-refractivity contribution is 9.08. The Balaban J connectivity index is 2.26. The van der Waals surface area contributed by atoms with E-state index in [-0.39, 0.29) is 19.0 Å².